The Morgan fingerprint density at radius 1 is 1.00 bits per heavy atom. The van der Waals surface area contributed by atoms with Gasteiger partial charge >= 0.3 is 6.03 Å². The van der Waals surface area contributed by atoms with Gasteiger partial charge in [-0.25, -0.2) is 9.69 Å². The third-order valence-electron chi connectivity index (χ3n) is 4.92. The van der Waals surface area contributed by atoms with Crippen LogP contribution >= 0.6 is 0 Å². The van der Waals surface area contributed by atoms with Gasteiger partial charge in [0.05, 0.1) is 6.67 Å². The van der Waals surface area contributed by atoms with Crippen molar-refractivity contribution in [3.63, 3.8) is 0 Å². The van der Waals surface area contributed by atoms with Crippen LogP contribution in [0.5, 0.6) is 0 Å². The first kappa shape index (κ1) is 16.0. The number of likely N-dealkylation sites (tertiary alicyclic amines) is 1. The van der Waals surface area contributed by atoms with Crippen LogP contribution in [0.15, 0.2) is 30.3 Å². The standard InChI is InChI=1S/C18H25N3O2/c1-18(15-10-6-5-7-11-15)16(22)21(17(23)19-18)14-20-12-8-3-2-4-9-13-20/h5-7,10-11H,2-4,8-9,12-14H2,1H3,(H,19,23)/t18-/m1/s1. The van der Waals surface area contributed by atoms with E-state index in [4.69, 9.17) is 0 Å². The van der Waals surface area contributed by atoms with Crippen LogP contribution in [0.25, 0.3) is 0 Å². The Kier molecular flexibility index (Phi) is 4.66. The molecule has 2 heterocycles. The molecule has 23 heavy (non-hydrogen) atoms. The zero-order chi connectivity index (χ0) is 16.3. The fourth-order valence-electron chi connectivity index (χ4n) is 3.45. The number of amides is 3. The van der Waals surface area contributed by atoms with Crippen molar-refractivity contribution in [1.82, 2.24) is 15.1 Å². The van der Waals surface area contributed by atoms with E-state index in [9.17, 15) is 9.59 Å². The number of nitrogens with one attached hydrogen (secondary N) is 1. The molecule has 0 aromatic heterocycles. The monoisotopic (exact) mass is 315 g/mol. The van der Waals surface area contributed by atoms with Gasteiger partial charge in [0, 0.05) is 0 Å². The molecule has 2 saturated heterocycles. The van der Waals surface area contributed by atoms with Gasteiger partial charge in [0.2, 0.25) is 0 Å². The Morgan fingerprint density at radius 2 is 1.61 bits per heavy atom. The molecule has 2 aliphatic heterocycles. The fourth-order valence-corrected chi connectivity index (χ4v) is 3.45. The first-order valence-electron chi connectivity index (χ1n) is 8.53. The molecule has 5 heteroatoms. The Balaban J connectivity index is 1.73. The van der Waals surface area contributed by atoms with Gasteiger partial charge in [-0.15, -0.1) is 0 Å². The number of hydrogen-bond acceptors (Lipinski definition) is 3. The van der Waals surface area contributed by atoms with Crippen molar-refractivity contribution >= 4 is 11.9 Å². The SMILES string of the molecule is C[C@]1(c2ccccc2)NC(=O)N(CN2CCCCCCC2)C1=O. The predicted octanol–water partition coefficient (Wildman–Crippen LogP) is 2.68. The van der Waals surface area contributed by atoms with Crippen molar-refractivity contribution in [3.05, 3.63) is 35.9 Å². The molecule has 0 unspecified atom stereocenters. The maximum atomic E-state index is 12.9. The second-order valence-electron chi connectivity index (χ2n) is 6.68. The summed E-state index contributed by atoms with van der Waals surface area (Å²) in [7, 11) is 0. The van der Waals surface area contributed by atoms with E-state index >= 15 is 0 Å². The summed E-state index contributed by atoms with van der Waals surface area (Å²) in [5.41, 5.74) is -0.130. The molecule has 0 saturated carbocycles. The minimum Gasteiger partial charge on any atom is -0.319 e. The summed E-state index contributed by atoms with van der Waals surface area (Å²) >= 11 is 0. The van der Waals surface area contributed by atoms with E-state index in [-0.39, 0.29) is 11.9 Å². The molecule has 0 aliphatic carbocycles. The van der Waals surface area contributed by atoms with Gasteiger partial charge in [-0.3, -0.25) is 9.69 Å². The molecule has 0 spiro atoms. The summed E-state index contributed by atoms with van der Waals surface area (Å²) < 4.78 is 0. The highest BCUT2D eigenvalue weighted by Gasteiger charge is 2.49. The Morgan fingerprint density at radius 3 is 2.26 bits per heavy atom. The average molecular weight is 315 g/mol. The van der Waals surface area contributed by atoms with E-state index in [2.05, 4.69) is 10.2 Å². The molecule has 0 bridgehead atoms. The highest BCUT2D eigenvalue weighted by atomic mass is 16.2. The summed E-state index contributed by atoms with van der Waals surface area (Å²) in [5.74, 6) is -0.157. The average Bonchev–Trinajstić information content (AvgIpc) is 2.74. The number of hydrogen-bond donors (Lipinski definition) is 1. The largest absolute Gasteiger partial charge is 0.326 e. The van der Waals surface area contributed by atoms with Crippen LogP contribution in [0.2, 0.25) is 0 Å². The van der Waals surface area contributed by atoms with E-state index in [1.807, 2.05) is 30.3 Å². The summed E-state index contributed by atoms with van der Waals surface area (Å²) in [5, 5.41) is 2.87. The van der Waals surface area contributed by atoms with Gasteiger partial charge in [-0.1, -0.05) is 49.6 Å². The van der Waals surface area contributed by atoms with E-state index in [0.29, 0.717) is 6.67 Å². The van der Waals surface area contributed by atoms with Crippen molar-refractivity contribution in [2.75, 3.05) is 19.8 Å². The number of carbonyl (C=O) groups is 2. The van der Waals surface area contributed by atoms with E-state index in [1.54, 1.807) is 6.92 Å². The maximum absolute atomic E-state index is 12.9. The quantitative estimate of drug-likeness (QED) is 0.873. The third-order valence-corrected chi connectivity index (χ3v) is 4.92. The predicted molar refractivity (Wildman–Crippen MR) is 88.7 cm³/mol. The highest BCUT2D eigenvalue weighted by molar-refractivity contribution is 6.07. The summed E-state index contributed by atoms with van der Waals surface area (Å²) in [6.45, 7) is 4.10. The van der Waals surface area contributed by atoms with Gasteiger partial charge < -0.3 is 5.32 Å². The lowest BCUT2D eigenvalue weighted by molar-refractivity contribution is -0.132. The van der Waals surface area contributed by atoms with Crippen LogP contribution in [-0.4, -0.2) is 41.5 Å². The van der Waals surface area contributed by atoms with Crippen LogP contribution in [0.3, 0.4) is 0 Å². The smallest absolute Gasteiger partial charge is 0.319 e. The molecule has 1 aromatic carbocycles. The lowest BCUT2D eigenvalue weighted by Gasteiger charge is -2.28. The molecule has 3 amide bonds. The molecule has 1 aromatic rings. The number of imide groups is 1. The first-order valence-corrected chi connectivity index (χ1v) is 8.53. The lowest BCUT2D eigenvalue weighted by atomic mass is 9.92. The molecular weight excluding hydrogens is 290 g/mol. The fraction of sp³-hybridized carbons (Fsp3) is 0.556. The Labute approximate surface area is 137 Å². The van der Waals surface area contributed by atoms with Crippen LogP contribution in [0.1, 0.15) is 44.6 Å². The zero-order valence-electron chi connectivity index (χ0n) is 13.8. The minimum absolute atomic E-state index is 0.157. The van der Waals surface area contributed by atoms with Crippen LogP contribution in [0.4, 0.5) is 4.79 Å². The Bertz CT molecular complexity index is 567. The van der Waals surface area contributed by atoms with Crippen molar-refractivity contribution in [2.45, 2.75) is 44.6 Å². The number of benzene rings is 1. The van der Waals surface area contributed by atoms with Crippen molar-refractivity contribution in [1.29, 1.82) is 0 Å². The summed E-state index contributed by atoms with van der Waals surface area (Å²) in [6, 6.07) is 9.17. The van der Waals surface area contributed by atoms with Crippen LogP contribution in [-0.2, 0) is 10.3 Å². The molecule has 1 N–H and O–H groups in total. The first-order chi connectivity index (χ1) is 11.1. The van der Waals surface area contributed by atoms with Crippen molar-refractivity contribution in [2.24, 2.45) is 0 Å². The number of carbonyl (C=O) groups excluding carboxylic acids is 2. The second-order valence-corrected chi connectivity index (χ2v) is 6.68. The molecule has 1 atom stereocenters. The van der Waals surface area contributed by atoms with Crippen molar-refractivity contribution in [3.8, 4) is 0 Å². The lowest BCUT2D eigenvalue weighted by Crippen LogP contribution is -2.44. The minimum atomic E-state index is -0.957. The Hall–Kier alpha value is -1.88. The molecule has 2 fully saturated rings. The molecule has 2 aliphatic rings. The topological polar surface area (TPSA) is 52.7 Å². The van der Waals surface area contributed by atoms with E-state index < -0.39 is 5.54 Å². The number of rotatable bonds is 3. The number of urea groups is 1. The van der Waals surface area contributed by atoms with Gasteiger partial charge in [-0.2, -0.15) is 0 Å². The van der Waals surface area contributed by atoms with Crippen LogP contribution in [0, 0.1) is 0 Å². The van der Waals surface area contributed by atoms with Gasteiger partial charge in [-0.05, 0) is 38.4 Å². The number of nitrogens with zero attached hydrogens (tertiary/aromatic N) is 2. The van der Waals surface area contributed by atoms with E-state index in [0.717, 1.165) is 31.5 Å². The van der Waals surface area contributed by atoms with Gasteiger partial charge in [0.1, 0.15) is 5.54 Å². The summed E-state index contributed by atoms with van der Waals surface area (Å²) in [6.07, 6.45) is 6.04. The summed E-state index contributed by atoms with van der Waals surface area (Å²) in [4.78, 5) is 28.8. The van der Waals surface area contributed by atoms with Crippen molar-refractivity contribution < 1.29 is 9.59 Å². The van der Waals surface area contributed by atoms with E-state index in [1.165, 1.54) is 24.2 Å². The molecule has 3 rings (SSSR count). The second kappa shape index (κ2) is 6.71. The maximum Gasteiger partial charge on any atom is 0.326 e. The van der Waals surface area contributed by atoms with Gasteiger partial charge in [0.25, 0.3) is 5.91 Å². The van der Waals surface area contributed by atoms with Gasteiger partial charge in [0.15, 0.2) is 0 Å². The molecule has 124 valence electrons. The third kappa shape index (κ3) is 3.24. The zero-order valence-corrected chi connectivity index (χ0v) is 13.8. The molecular formula is C18H25N3O2. The molecule has 0 radical (unpaired) electrons. The highest BCUT2D eigenvalue weighted by Crippen LogP contribution is 2.28. The normalized spacial score (nSPS) is 26.7. The molecule has 5 nitrogen and oxygen atoms in total. The van der Waals surface area contributed by atoms with Crippen LogP contribution < -0.4 is 5.32 Å².